The number of hydrogen-bond donors (Lipinski definition) is 2. The summed E-state index contributed by atoms with van der Waals surface area (Å²) < 4.78 is 0.734. The Hall–Kier alpha value is -1.10. The first-order valence-electron chi connectivity index (χ1n) is 4.92. The highest BCUT2D eigenvalue weighted by atomic mass is 79.9. The second kappa shape index (κ2) is 5.04. The van der Waals surface area contributed by atoms with Crippen molar-refractivity contribution in [3.8, 4) is 0 Å². The number of halogens is 2. The molecule has 0 radical (unpaired) electrons. The third-order valence-electron chi connectivity index (χ3n) is 2.44. The maximum absolute atomic E-state index is 10.2. The molecule has 1 aromatic carbocycles. The van der Waals surface area contributed by atoms with E-state index in [1.807, 2.05) is 0 Å². The highest BCUT2D eigenvalue weighted by Crippen LogP contribution is 2.30. The number of pyridine rings is 1. The molecule has 1 heterocycles. The Bertz CT molecular complexity index is 548. The molecule has 1 unspecified atom stereocenters. The smallest absolute Gasteiger partial charge is 0.108 e. The second-order valence-corrected chi connectivity index (χ2v) is 4.84. The van der Waals surface area contributed by atoms with Gasteiger partial charge in [-0.15, -0.1) is 0 Å². The van der Waals surface area contributed by atoms with Crippen LogP contribution < -0.4 is 5.73 Å². The molecule has 2 aromatic rings. The van der Waals surface area contributed by atoms with Crippen molar-refractivity contribution in [2.45, 2.75) is 6.10 Å². The molecule has 0 bridgehead atoms. The van der Waals surface area contributed by atoms with Crippen molar-refractivity contribution in [3.63, 3.8) is 0 Å². The molecular weight excluding hydrogens is 304 g/mol. The van der Waals surface area contributed by atoms with Crippen molar-refractivity contribution < 1.29 is 5.11 Å². The van der Waals surface area contributed by atoms with Crippen LogP contribution in [0.25, 0.3) is 0 Å². The van der Waals surface area contributed by atoms with Crippen LogP contribution in [0.15, 0.2) is 41.1 Å². The fourth-order valence-corrected chi connectivity index (χ4v) is 2.02. The maximum Gasteiger partial charge on any atom is 0.108 e. The van der Waals surface area contributed by atoms with Crippen LogP contribution in [0.4, 0.5) is 5.69 Å². The number of anilines is 1. The number of rotatable bonds is 2. The van der Waals surface area contributed by atoms with Crippen LogP contribution >= 0.6 is 27.5 Å². The van der Waals surface area contributed by atoms with Gasteiger partial charge in [0.15, 0.2) is 0 Å². The van der Waals surface area contributed by atoms with Crippen LogP contribution in [0.3, 0.4) is 0 Å². The molecule has 0 saturated carbocycles. The van der Waals surface area contributed by atoms with Gasteiger partial charge < -0.3 is 10.8 Å². The Balaban J connectivity index is 2.40. The summed E-state index contributed by atoms with van der Waals surface area (Å²) in [4.78, 5) is 3.95. The van der Waals surface area contributed by atoms with Crippen molar-refractivity contribution in [2.75, 3.05) is 5.73 Å². The van der Waals surface area contributed by atoms with Gasteiger partial charge in [0, 0.05) is 28.1 Å². The van der Waals surface area contributed by atoms with E-state index in [1.165, 1.54) is 0 Å². The lowest BCUT2D eigenvalue weighted by Gasteiger charge is -2.13. The van der Waals surface area contributed by atoms with Gasteiger partial charge in [-0.3, -0.25) is 4.98 Å². The average molecular weight is 314 g/mol. The number of nitrogens with two attached hydrogens (primary N) is 1. The van der Waals surface area contributed by atoms with E-state index in [9.17, 15) is 5.11 Å². The monoisotopic (exact) mass is 312 g/mol. The molecule has 2 rings (SSSR count). The zero-order chi connectivity index (χ0) is 12.4. The van der Waals surface area contributed by atoms with Gasteiger partial charge in [-0.2, -0.15) is 0 Å². The summed E-state index contributed by atoms with van der Waals surface area (Å²) in [5.41, 5.74) is 7.60. The van der Waals surface area contributed by atoms with Gasteiger partial charge in [-0.25, -0.2) is 0 Å². The fourth-order valence-electron chi connectivity index (χ4n) is 1.51. The largest absolute Gasteiger partial charge is 0.398 e. The van der Waals surface area contributed by atoms with Crippen LogP contribution in [0.1, 0.15) is 17.2 Å². The van der Waals surface area contributed by atoms with Crippen LogP contribution in [0, 0.1) is 0 Å². The molecular formula is C12H10BrClN2O. The van der Waals surface area contributed by atoms with Gasteiger partial charge in [0.2, 0.25) is 0 Å². The van der Waals surface area contributed by atoms with E-state index in [2.05, 4.69) is 20.9 Å². The lowest BCUT2D eigenvalue weighted by Crippen LogP contribution is -2.04. The predicted octanol–water partition coefficient (Wildman–Crippen LogP) is 3.16. The summed E-state index contributed by atoms with van der Waals surface area (Å²) in [6.07, 6.45) is 2.34. The summed E-state index contributed by atoms with van der Waals surface area (Å²) >= 11 is 9.21. The van der Waals surface area contributed by atoms with Gasteiger partial charge in [0.1, 0.15) is 6.10 Å². The summed E-state index contributed by atoms with van der Waals surface area (Å²) in [6.45, 7) is 0. The quantitative estimate of drug-likeness (QED) is 0.895. The van der Waals surface area contributed by atoms with Crippen LogP contribution in [-0.2, 0) is 0 Å². The topological polar surface area (TPSA) is 59.1 Å². The van der Waals surface area contributed by atoms with E-state index in [4.69, 9.17) is 17.3 Å². The summed E-state index contributed by atoms with van der Waals surface area (Å²) in [6, 6.07) is 6.89. The third-order valence-corrected chi connectivity index (χ3v) is 3.66. The van der Waals surface area contributed by atoms with Crippen molar-refractivity contribution >= 4 is 33.2 Å². The molecule has 88 valence electrons. The lowest BCUT2D eigenvalue weighted by atomic mass is 10.0. The summed E-state index contributed by atoms with van der Waals surface area (Å²) in [5.74, 6) is 0. The molecule has 3 nitrogen and oxygen atoms in total. The van der Waals surface area contributed by atoms with Gasteiger partial charge in [0.25, 0.3) is 0 Å². The zero-order valence-corrected chi connectivity index (χ0v) is 11.1. The third kappa shape index (κ3) is 2.60. The van der Waals surface area contributed by atoms with Gasteiger partial charge in [0.05, 0.1) is 5.02 Å². The lowest BCUT2D eigenvalue weighted by molar-refractivity contribution is 0.220. The highest BCUT2D eigenvalue weighted by molar-refractivity contribution is 9.10. The molecule has 17 heavy (non-hydrogen) atoms. The van der Waals surface area contributed by atoms with Gasteiger partial charge in [-0.05, 0) is 39.7 Å². The highest BCUT2D eigenvalue weighted by Gasteiger charge is 2.14. The fraction of sp³-hybridized carbons (Fsp3) is 0.0833. The van der Waals surface area contributed by atoms with E-state index in [0.29, 0.717) is 21.8 Å². The minimum Gasteiger partial charge on any atom is -0.398 e. The molecule has 1 aromatic heterocycles. The second-order valence-electron chi connectivity index (χ2n) is 3.58. The van der Waals surface area contributed by atoms with Crippen molar-refractivity contribution in [1.82, 2.24) is 4.98 Å². The first kappa shape index (κ1) is 12.4. The van der Waals surface area contributed by atoms with Gasteiger partial charge >= 0.3 is 0 Å². The first-order chi connectivity index (χ1) is 8.09. The summed E-state index contributed by atoms with van der Waals surface area (Å²) in [5, 5.41) is 10.8. The van der Waals surface area contributed by atoms with E-state index in [1.54, 1.807) is 36.7 Å². The minimum atomic E-state index is -0.808. The SMILES string of the molecule is Nc1ccncc1C(O)c1ccc(Cl)c(Br)c1. The standard InChI is InChI=1S/C12H10BrClN2O/c13-9-5-7(1-2-10(9)14)12(17)8-6-16-4-3-11(8)15/h1-6,12,17H,(H2,15,16). The average Bonchev–Trinajstić information content (AvgIpc) is 2.32. The summed E-state index contributed by atoms with van der Waals surface area (Å²) in [7, 11) is 0. The minimum absolute atomic E-state index is 0.513. The van der Waals surface area contributed by atoms with Crippen molar-refractivity contribution in [1.29, 1.82) is 0 Å². The molecule has 3 N–H and O–H groups in total. The first-order valence-corrected chi connectivity index (χ1v) is 6.09. The zero-order valence-electron chi connectivity index (χ0n) is 8.77. The number of aliphatic hydroxyl groups excluding tert-OH is 1. The number of nitrogen functional groups attached to an aromatic ring is 1. The normalized spacial score (nSPS) is 12.4. The van der Waals surface area contributed by atoms with E-state index in [0.717, 1.165) is 4.47 Å². The van der Waals surface area contributed by atoms with Gasteiger partial charge in [-0.1, -0.05) is 17.7 Å². The Morgan fingerprint density at radius 3 is 2.76 bits per heavy atom. The molecule has 0 aliphatic heterocycles. The molecule has 0 amide bonds. The van der Waals surface area contributed by atoms with Crippen molar-refractivity contribution in [2.24, 2.45) is 0 Å². The van der Waals surface area contributed by atoms with E-state index < -0.39 is 6.10 Å². The Morgan fingerprint density at radius 1 is 1.35 bits per heavy atom. The Morgan fingerprint density at radius 2 is 2.12 bits per heavy atom. The molecule has 0 aliphatic carbocycles. The predicted molar refractivity (Wildman–Crippen MR) is 71.9 cm³/mol. The number of aliphatic hydroxyl groups is 1. The van der Waals surface area contributed by atoms with Crippen LogP contribution in [0.2, 0.25) is 5.02 Å². The van der Waals surface area contributed by atoms with Crippen LogP contribution in [0.5, 0.6) is 0 Å². The molecule has 5 heteroatoms. The van der Waals surface area contributed by atoms with Crippen molar-refractivity contribution in [3.05, 3.63) is 57.3 Å². The molecule has 1 atom stereocenters. The molecule has 0 spiro atoms. The molecule has 0 fully saturated rings. The Labute approximate surface area is 112 Å². The maximum atomic E-state index is 10.2. The molecule has 0 aliphatic rings. The number of benzene rings is 1. The van der Waals surface area contributed by atoms with Crippen LogP contribution in [-0.4, -0.2) is 10.1 Å². The molecule has 0 saturated heterocycles. The number of nitrogens with zero attached hydrogens (tertiary/aromatic N) is 1. The number of hydrogen-bond acceptors (Lipinski definition) is 3. The number of aromatic nitrogens is 1. The van der Waals surface area contributed by atoms with E-state index >= 15 is 0 Å². The Kier molecular flexibility index (Phi) is 3.66. The van der Waals surface area contributed by atoms with E-state index in [-0.39, 0.29) is 0 Å².